The molecule has 0 radical (unpaired) electrons. The van der Waals surface area contributed by atoms with E-state index in [0.717, 1.165) is 5.56 Å². The Bertz CT molecular complexity index is 1470. The summed E-state index contributed by atoms with van der Waals surface area (Å²) in [6, 6.07) is 18.5. The number of amidine groups is 2. The highest BCUT2D eigenvalue weighted by Gasteiger charge is 2.42. The smallest absolute Gasteiger partial charge is 0.259 e. The Kier molecular flexibility index (Phi) is 6.09. The third kappa shape index (κ3) is 4.55. The Morgan fingerprint density at radius 1 is 1.08 bits per heavy atom. The molecule has 0 fully saturated rings. The molecular formula is C27H21FN4O4S. The summed E-state index contributed by atoms with van der Waals surface area (Å²) in [7, 11) is 0. The van der Waals surface area contributed by atoms with Gasteiger partial charge in [0.1, 0.15) is 17.7 Å². The first kappa shape index (κ1) is 23.2. The molecule has 8 nitrogen and oxygen atoms in total. The zero-order valence-corrected chi connectivity index (χ0v) is 20.3. The molecule has 2 amide bonds. The molecule has 37 heavy (non-hydrogen) atoms. The molecule has 0 saturated carbocycles. The lowest BCUT2D eigenvalue weighted by molar-refractivity contribution is -0.128. The number of hydrogen-bond acceptors (Lipinski definition) is 7. The molecule has 0 unspecified atom stereocenters. The average molecular weight is 517 g/mol. The summed E-state index contributed by atoms with van der Waals surface area (Å²) >= 11 is 1.26. The summed E-state index contributed by atoms with van der Waals surface area (Å²) in [5, 5.41) is 3.26. The van der Waals surface area contributed by atoms with E-state index in [4.69, 9.17) is 9.47 Å². The minimum atomic E-state index is -0.878. The van der Waals surface area contributed by atoms with Crippen LogP contribution in [0.2, 0.25) is 0 Å². The largest absolute Gasteiger partial charge is 0.454 e. The van der Waals surface area contributed by atoms with Crippen molar-refractivity contribution in [2.75, 3.05) is 6.79 Å². The van der Waals surface area contributed by atoms with E-state index >= 15 is 0 Å². The fraction of sp³-hybridized carbons (Fsp3) is 0.185. The molecule has 0 spiro atoms. The maximum absolute atomic E-state index is 14.2. The molecule has 3 aliphatic heterocycles. The van der Waals surface area contributed by atoms with Gasteiger partial charge in [-0.25, -0.2) is 14.3 Å². The lowest BCUT2D eigenvalue weighted by atomic mass is 10.1. The van der Waals surface area contributed by atoms with E-state index < -0.39 is 6.04 Å². The van der Waals surface area contributed by atoms with Crippen molar-refractivity contribution >= 4 is 40.3 Å². The maximum atomic E-state index is 14.2. The molecule has 3 aromatic rings. The number of para-hydroxylation sites is 1. The number of ether oxygens (including phenoxy) is 2. The number of benzene rings is 3. The topological polar surface area (TPSA) is 92.6 Å². The van der Waals surface area contributed by atoms with Crippen molar-refractivity contribution in [1.82, 2.24) is 10.2 Å². The van der Waals surface area contributed by atoms with Gasteiger partial charge in [-0.05, 0) is 41.5 Å². The number of rotatable bonds is 6. The van der Waals surface area contributed by atoms with E-state index in [9.17, 15) is 14.0 Å². The van der Waals surface area contributed by atoms with Gasteiger partial charge in [-0.15, -0.1) is 0 Å². The summed E-state index contributed by atoms with van der Waals surface area (Å²) in [5.74, 6) is 1.12. The van der Waals surface area contributed by atoms with Crippen molar-refractivity contribution in [3.63, 3.8) is 0 Å². The maximum Gasteiger partial charge on any atom is 0.259 e. The first-order chi connectivity index (χ1) is 18.1. The van der Waals surface area contributed by atoms with Gasteiger partial charge in [0.2, 0.25) is 12.7 Å². The Hall–Kier alpha value is -4.18. The molecule has 1 N–H and O–H groups in total. The number of hydrogen-bond donors (Lipinski definition) is 1. The van der Waals surface area contributed by atoms with Gasteiger partial charge in [0.15, 0.2) is 16.7 Å². The van der Waals surface area contributed by atoms with E-state index in [1.54, 1.807) is 24.3 Å². The number of thioether (sulfide) groups is 1. The quantitative estimate of drug-likeness (QED) is 0.531. The van der Waals surface area contributed by atoms with Crippen molar-refractivity contribution < 1.29 is 23.5 Å². The van der Waals surface area contributed by atoms with E-state index in [2.05, 4.69) is 15.3 Å². The van der Waals surface area contributed by atoms with Crippen LogP contribution in [0.1, 0.15) is 23.1 Å². The minimum Gasteiger partial charge on any atom is -0.454 e. The molecule has 0 aromatic heterocycles. The molecular weight excluding hydrogens is 495 g/mol. The lowest BCUT2D eigenvalue weighted by Gasteiger charge is -2.25. The van der Waals surface area contributed by atoms with Crippen LogP contribution in [-0.4, -0.2) is 40.6 Å². The predicted molar refractivity (Wildman–Crippen MR) is 137 cm³/mol. The fourth-order valence-corrected chi connectivity index (χ4v) is 5.28. The van der Waals surface area contributed by atoms with Crippen LogP contribution in [0.25, 0.3) is 0 Å². The van der Waals surface area contributed by atoms with Gasteiger partial charge in [0, 0.05) is 17.9 Å². The third-order valence-electron chi connectivity index (χ3n) is 6.17. The van der Waals surface area contributed by atoms with Crippen LogP contribution in [0.4, 0.5) is 10.1 Å². The van der Waals surface area contributed by atoms with Crippen LogP contribution < -0.4 is 14.8 Å². The van der Waals surface area contributed by atoms with Crippen molar-refractivity contribution in [3.05, 3.63) is 89.2 Å². The van der Waals surface area contributed by atoms with Gasteiger partial charge in [-0.3, -0.25) is 14.6 Å². The molecule has 186 valence electrons. The zero-order chi connectivity index (χ0) is 25.4. The Morgan fingerprint density at radius 2 is 1.89 bits per heavy atom. The SMILES string of the molecule is O=C(C[C@@H]1N=C2c3ccccc3N=C(SCc3ccccc3F)N2C1=O)NCc1ccc2c(c1)OCO2. The summed E-state index contributed by atoms with van der Waals surface area (Å²) in [6.45, 7) is 0.462. The van der Waals surface area contributed by atoms with E-state index in [1.165, 1.54) is 22.7 Å². The highest BCUT2D eigenvalue weighted by atomic mass is 32.2. The highest BCUT2D eigenvalue weighted by molar-refractivity contribution is 8.13. The number of halogens is 1. The number of amides is 2. The Balaban J connectivity index is 1.17. The number of nitrogens with one attached hydrogen (secondary N) is 1. The molecule has 3 aliphatic rings. The summed E-state index contributed by atoms with van der Waals surface area (Å²) < 4.78 is 24.9. The normalized spacial score (nSPS) is 17.2. The number of carbonyl (C=O) groups is 2. The number of carbonyl (C=O) groups excluding carboxylic acids is 2. The number of aliphatic imine (C=N–C) groups is 2. The first-order valence-electron chi connectivity index (χ1n) is 11.7. The van der Waals surface area contributed by atoms with Gasteiger partial charge >= 0.3 is 0 Å². The van der Waals surface area contributed by atoms with Crippen LogP contribution in [0, 0.1) is 5.82 Å². The monoisotopic (exact) mass is 516 g/mol. The van der Waals surface area contributed by atoms with Crippen molar-refractivity contribution in [2.45, 2.75) is 24.8 Å². The predicted octanol–water partition coefficient (Wildman–Crippen LogP) is 4.15. The number of fused-ring (bicyclic) bond motifs is 4. The van der Waals surface area contributed by atoms with E-state index in [-0.39, 0.29) is 37.4 Å². The summed E-state index contributed by atoms with van der Waals surface area (Å²) in [4.78, 5) is 36.9. The standard InChI is InChI=1S/C27H21FN4O4S/c28-19-7-3-1-5-17(19)14-37-27-31-20-8-4-2-6-18(20)25-30-21(26(34)32(25)27)12-24(33)29-13-16-9-10-22-23(11-16)36-15-35-22/h1-11,21H,12-15H2,(H,29,33)/t21-/m0/s1. The van der Waals surface area contributed by atoms with Crippen LogP contribution >= 0.6 is 11.8 Å². The van der Waals surface area contributed by atoms with Crippen molar-refractivity contribution in [3.8, 4) is 11.5 Å². The molecule has 0 bridgehead atoms. The molecule has 3 heterocycles. The van der Waals surface area contributed by atoms with Gasteiger partial charge in [0.05, 0.1) is 12.1 Å². The summed E-state index contributed by atoms with van der Waals surface area (Å²) in [6.07, 6.45) is -0.100. The number of nitrogens with zero attached hydrogens (tertiary/aromatic N) is 3. The van der Waals surface area contributed by atoms with E-state index in [0.29, 0.717) is 45.1 Å². The van der Waals surface area contributed by atoms with Crippen LogP contribution in [0.3, 0.4) is 0 Å². The van der Waals surface area contributed by atoms with Crippen LogP contribution in [0.5, 0.6) is 11.5 Å². The molecule has 0 aliphatic carbocycles. The minimum absolute atomic E-state index is 0.100. The lowest BCUT2D eigenvalue weighted by Crippen LogP contribution is -2.42. The van der Waals surface area contributed by atoms with Crippen LogP contribution in [0.15, 0.2) is 76.7 Å². The molecule has 10 heteroatoms. The van der Waals surface area contributed by atoms with Crippen molar-refractivity contribution in [1.29, 1.82) is 0 Å². The molecule has 6 rings (SSSR count). The summed E-state index contributed by atoms with van der Waals surface area (Å²) in [5.41, 5.74) is 2.76. The van der Waals surface area contributed by atoms with Crippen molar-refractivity contribution in [2.24, 2.45) is 9.98 Å². The van der Waals surface area contributed by atoms with E-state index in [1.807, 2.05) is 36.4 Å². The highest BCUT2D eigenvalue weighted by Crippen LogP contribution is 2.35. The van der Waals surface area contributed by atoms with Gasteiger partial charge in [-0.1, -0.05) is 48.2 Å². The molecule has 1 atom stereocenters. The second-order valence-electron chi connectivity index (χ2n) is 8.60. The second-order valence-corrected chi connectivity index (χ2v) is 9.54. The zero-order valence-electron chi connectivity index (χ0n) is 19.5. The third-order valence-corrected chi connectivity index (χ3v) is 7.16. The van der Waals surface area contributed by atoms with Gasteiger partial charge < -0.3 is 14.8 Å². The molecule has 3 aromatic carbocycles. The molecule has 0 saturated heterocycles. The van der Waals surface area contributed by atoms with Gasteiger partial charge in [-0.2, -0.15) is 0 Å². The average Bonchev–Trinajstić information content (AvgIpc) is 3.51. The Morgan fingerprint density at radius 3 is 2.78 bits per heavy atom. The fourth-order valence-electron chi connectivity index (χ4n) is 4.29. The van der Waals surface area contributed by atoms with Crippen LogP contribution in [-0.2, 0) is 21.9 Å². The second kappa shape index (κ2) is 9.70. The Labute approximate surface area is 216 Å². The first-order valence-corrected chi connectivity index (χ1v) is 12.7. The van der Waals surface area contributed by atoms with Gasteiger partial charge in [0.25, 0.3) is 5.91 Å².